The summed E-state index contributed by atoms with van der Waals surface area (Å²) in [5.74, 6) is 1.36. The number of carbonyl (C=O) groups excluding carboxylic acids is 2. The third kappa shape index (κ3) is 7.38. The fourth-order valence-corrected chi connectivity index (χ4v) is 5.04. The van der Waals surface area contributed by atoms with Crippen molar-refractivity contribution in [3.63, 3.8) is 0 Å². The highest BCUT2D eigenvalue weighted by Gasteiger charge is 2.23. The number of hydrogen-bond donors (Lipinski definition) is 3. The lowest BCUT2D eigenvalue weighted by molar-refractivity contribution is -0.123. The van der Waals surface area contributed by atoms with Crippen LogP contribution in [0.4, 0.5) is 0 Å². The van der Waals surface area contributed by atoms with E-state index in [4.69, 9.17) is 0 Å². The number of aromatic hydroxyl groups is 1. The van der Waals surface area contributed by atoms with E-state index in [-0.39, 0.29) is 17.8 Å². The molecule has 4 rings (SSSR count). The standard InChI is InChI=1S/C29H39N5O3/c1-3-22(35)10-5-4-6-12-25(31-27(36)17-20-13-15-34(2)16-14-20)28-30-19-26(32-28)23-18-21-9-7-8-11-24(21)33-29(23)37/h7-9,11,18-20,25H,3-6,10,12-17H2,1-2H3,(H,30,32)(H,31,36)(H,33,37)/t25-/m0/s1. The first kappa shape index (κ1) is 26.8. The van der Waals surface area contributed by atoms with Crippen molar-refractivity contribution in [2.45, 2.75) is 70.8 Å². The second-order valence-corrected chi connectivity index (χ2v) is 10.3. The Morgan fingerprint density at radius 1 is 1.19 bits per heavy atom. The lowest BCUT2D eigenvalue weighted by Gasteiger charge is -2.29. The molecular weight excluding hydrogens is 466 g/mol. The largest absolute Gasteiger partial charge is 0.493 e. The van der Waals surface area contributed by atoms with Crippen LogP contribution < -0.4 is 5.32 Å². The summed E-state index contributed by atoms with van der Waals surface area (Å²) in [6.07, 6.45) is 8.90. The molecule has 1 aliphatic rings. The minimum Gasteiger partial charge on any atom is -0.493 e. The molecule has 1 fully saturated rings. The summed E-state index contributed by atoms with van der Waals surface area (Å²) in [6, 6.07) is 9.28. The summed E-state index contributed by atoms with van der Waals surface area (Å²) < 4.78 is 0. The van der Waals surface area contributed by atoms with Crippen molar-refractivity contribution in [1.29, 1.82) is 0 Å². The zero-order valence-corrected chi connectivity index (χ0v) is 22.0. The predicted octanol–water partition coefficient (Wildman–Crippen LogP) is 5.15. The third-order valence-corrected chi connectivity index (χ3v) is 7.41. The van der Waals surface area contributed by atoms with Crippen LogP contribution in [0.1, 0.15) is 76.6 Å². The molecule has 0 radical (unpaired) electrons. The van der Waals surface area contributed by atoms with E-state index in [2.05, 4.69) is 32.2 Å². The molecule has 8 nitrogen and oxygen atoms in total. The molecule has 3 heterocycles. The summed E-state index contributed by atoms with van der Waals surface area (Å²) in [4.78, 5) is 39.2. The molecule has 0 aliphatic carbocycles. The number of nitrogens with one attached hydrogen (secondary N) is 2. The number of pyridine rings is 1. The third-order valence-electron chi connectivity index (χ3n) is 7.41. The smallest absolute Gasteiger partial charge is 0.221 e. The number of H-pyrrole nitrogens is 1. The number of aromatic nitrogens is 3. The van der Waals surface area contributed by atoms with Gasteiger partial charge in [-0.25, -0.2) is 9.97 Å². The molecule has 0 saturated carbocycles. The minimum absolute atomic E-state index is 0.0499. The van der Waals surface area contributed by atoms with E-state index in [1.807, 2.05) is 37.3 Å². The second-order valence-electron chi connectivity index (χ2n) is 10.3. The lowest BCUT2D eigenvalue weighted by Crippen LogP contribution is -2.35. The Hall–Kier alpha value is -3.26. The Kier molecular flexibility index (Phi) is 9.28. The van der Waals surface area contributed by atoms with Gasteiger partial charge >= 0.3 is 0 Å². The van der Waals surface area contributed by atoms with Gasteiger partial charge in [-0.15, -0.1) is 0 Å². The Bertz CT molecular complexity index is 1200. The van der Waals surface area contributed by atoms with Crippen molar-refractivity contribution in [2.24, 2.45) is 5.92 Å². The molecule has 8 heteroatoms. The Morgan fingerprint density at radius 2 is 1.97 bits per heavy atom. The van der Waals surface area contributed by atoms with Gasteiger partial charge in [-0.3, -0.25) is 9.59 Å². The first-order valence-electron chi connectivity index (χ1n) is 13.6. The van der Waals surface area contributed by atoms with Gasteiger partial charge in [-0.05, 0) is 63.9 Å². The van der Waals surface area contributed by atoms with Gasteiger partial charge in [0, 0.05) is 24.6 Å². The van der Waals surface area contributed by atoms with Gasteiger partial charge < -0.3 is 20.3 Å². The molecule has 1 atom stereocenters. The zero-order chi connectivity index (χ0) is 26.2. The van der Waals surface area contributed by atoms with Crippen LogP contribution in [0, 0.1) is 5.92 Å². The van der Waals surface area contributed by atoms with Gasteiger partial charge in [0.25, 0.3) is 0 Å². The SMILES string of the molecule is CCC(=O)CCCCC[C@H](NC(=O)CC1CCN(C)CC1)c1ncc(-c2cc3ccccc3nc2O)[nH]1. The number of para-hydroxylation sites is 1. The van der Waals surface area contributed by atoms with E-state index >= 15 is 0 Å². The molecule has 3 N–H and O–H groups in total. The van der Waals surface area contributed by atoms with Crippen LogP contribution in [0.25, 0.3) is 22.2 Å². The number of piperidine rings is 1. The molecule has 37 heavy (non-hydrogen) atoms. The van der Waals surface area contributed by atoms with E-state index in [1.165, 1.54) is 0 Å². The average molecular weight is 506 g/mol. The van der Waals surface area contributed by atoms with Crippen LogP contribution in [-0.2, 0) is 9.59 Å². The van der Waals surface area contributed by atoms with E-state index in [0.717, 1.165) is 62.5 Å². The maximum atomic E-state index is 13.0. The first-order chi connectivity index (χ1) is 17.9. The summed E-state index contributed by atoms with van der Waals surface area (Å²) in [6.45, 7) is 3.96. The Labute approximate surface area is 218 Å². The molecule has 1 aliphatic heterocycles. The van der Waals surface area contributed by atoms with Gasteiger partial charge in [-0.1, -0.05) is 38.0 Å². The van der Waals surface area contributed by atoms with Crippen molar-refractivity contribution in [3.05, 3.63) is 42.4 Å². The number of Topliss-reactive ketones (excluding diaryl/α,β-unsaturated/α-hetero) is 1. The first-order valence-corrected chi connectivity index (χ1v) is 13.6. The lowest BCUT2D eigenvalue weighted by atomic mass is 9.93. The molecule has 198 valence electrons. The number of hydrogen-bond acceptors (Lipinski definition) is 6. The normalized spacial score (nSPS) is 15.6. The molecule has 2 aromatic heterocycles. The average Bonchev–Trinajstić information content (AvgIpc) is 3.38. The molecular formula is C29H39N5O3. The van der Waals surface area contributed by atoms with Gasteiger partial charge in [0.2, 0.25) is 11.8 Å². The highest BCUT2D eigenvalue weighted by Crippen LogP contribution is 2.31. The summed E-state index contributed by atoms with van der Waals surface area (Å²) >= 11 is 0. The number of fused-ring (bicyclic) bond motifs is 1. The topological polar surface area (TPSA) is 111 Å². The van der Waals surface area contributed by atoms with E-state index in [9.17, 15) is 14.7 Å². The highest BCUT2D eigenvalue weighted by molar-refractivity contribution is 5.85. The monoisotopic (exact) mass is 505 g/mol. The van der Waals surface area contributed by atoms with E-state index in [0.29, 0.717) is 48.0 Å². The van der Waals surface area contributed by atoms with Crippen LogP contribution in [0.15, 0.2) is 36.5 Å². The Balaban J connectivity index is 1.46. The van der Waals surface area contributed by atoms with Gasteiger partial charge in [-0.2, -0.15) is 0 Å². The fourth-order valence-electron chi connectivity index (χ4n) is 5.04. The summed E-state index contributed by atoms with van der Waals surface area (Å²) in [5, 5.41) is 14.7. The molecule has 0 unspecified atom stereocenters. The molecule has 0 spiro atoms. The maximum absolute atomic E-state index is 13.0. The number of unbranched alkanes of at least 4 members (excludes halogenated alkanes) is 2. The molecule has 3 aromatic rings. The van der Waals surface area contributed by atoms with Crippen LogP contribution >= 0.6 is 0 Å². The number of nitrogens with zero attached hydrogens (tertiary/aromatic N) is 3. The van der Waals surface area contributed by atoms with Crippen molar-refractivity contribution < 1.29 is 14.7 Å². The number of carbonyl (C=O) groups is 2. The fraction of sp³-hybridized carbons (Fsp3) is 0.517. The number of aromatic amines is 1. The maximum Gasteiger partial charge on any atom is 0.221 e. The molecule has 1 saturated heterocycles. The number of amides is 1. The predicted molar refractivity (Wildman–Crippen MR) is 145 cm³/mol. The molecule has 1 amide bonds. The molecule has 1 aromatic carbocycles. The minimum atomic E-state index is -0.259. The van der Waals surface area contributed by atoms with Gasteiger partial charge in [0.15, 0.2) is 0 Å². The molecule has 0 bridgehead atoms. The van der Waals surface area contributed by atoms with Crippen LogP contribution in [0.2, 0.25) is 0 Å². The zero-order valence-electron chi connectivity index (χ0n) is 22.0. The number of rotatable bonds is 12. The van der Waals surface area contributed by atoms with Gasteiger partial charge in [0.05, 0.1) is 29.0 Å². The van der Waals surface area contributed by atoms with Crippen molar-refractivity contribution in [2.75, 3.05) is 20.1 Å². The quantitative estimate of drug-likeness (QED) is 0.294. The Morgan fingerprint density at radius 3 is 2.76 bits per heavy atom. The summed E-state index contributed by atoms with van der Waals surface area (Å²) in [7, 11) is 2.12. The number of imidazole rings is 1. The summed E-state index contributed by atoms with van der Waals surface area (Å²) in [5.41, 5.74) is 1.96. The van der Waals surface area contributed by atoms with Crippen molar-refractivity contribution >= 4 is 22.6 Å². The second kappa shape index (κ2) is 12.8. The van der Waals surface area contributed by atoms with Crippen LogP contribution in [0.3, 0.4) is 0 Å². The van der Waals surface area contributed by atoms with Crippen molar-refractivity contribution in [3.8, 4) is 17.1 Å². The van der Waals surface area contributed by atoms with E-state index < -0.39 is 0 Å². The van der Waals surface area contributed by atoms with E-state index in [1.54, 1.807) is 6.20 Å². The highest BCUT2D eigenvalue weighted by atomic mass is 16.3. The van der Waals surface area contributed by atoms with Crippen LogP contribution in [-0.4, -0.2) is 56.8 Å². The number of benzene rings is 1. The number of ketones is 1. The number of likely N-dealkylation sites (tertiary alicyclic amines) is 1. The van der Waals surface area contributed by atoms with Crippen LogP contribution in [0.5, 0.6) is 5.88 Å². The van der Waals surface area contributed by atoms with Crippen molar-refractivity contribution in [1.82, 2.24) is 25.2 Å². The van der Waals surface area contributed by atoms with Gasteiger partial charge in [0.1, 0.15) is 11.6 Å².